The Bertz CT molecular complexity index is 333. The first-order valence-corrected chi connectivity index (χ1v) is 4.89. The van der Waals surface area contributed by atoms with Gasteiger partial charge in [0.1, 0.15) is 17.4 Å². The van der Waals surface area contributed by atoms with Crippen LogP contribution in [0.1, 0.15) is 30.9 Å². The van der Waals surface area contributed by atoms with Crippen LogP contribution in [0.5, 0.6) is 0 Å². The van der Waals surface area contributed by atoms with E-state index in [0.717, 1.165) is 11.5 Å². The highest BCUT2D eigenvalue weighted by molar-refractivity contribution is 5.79. The smallest absolute Gasteiger partial charge is 0.140 e. The number of aryl methyl sites for hydroxylation is 1. The molecular weight excluding hydrogens is 194 g/mol. The Balaban J connectivity index is 2.33. The fourth-order valence-electron chi connectivity index (χ4n) is 1.25. The molecule has 4 N–H and O–H groups in total. The molecule has 0 saturated heterocycles. The molecule has 0 fully saturated rings. The maximum atomic E-state index is 8.34. The van der Waals surface area contributed by atoms with Crippen LogP contribution in [0.2, 0.25) is 0 Å². The van der Waals surface area contributed by atoms with Crippen molar-refractivity contribution in [1.82, 2.24) is 5.32 Å². The van der Waals surface area contributed by atoms with Crippen molar-refractivity contribution < 1.29 is 9.62 Å². The second-order valence-electron chi connectivity index (χ2n) is 3.47. The third-order valence-corrected chi connectivity index (χ3v) is 2.15. The quantitative estimate of drug-likeness (QED) is 0.297. The van der Waals surface area contributed by atoms with Crippen molar-refractivity contribution >= 4 is 5.84 Å². The van der Waals surface area contributed by atoms with Crippen molar-refractivity contribution in [2.24, 2.45) is 10.9 Å². The van der Waals surface area contributed by atoms with Gasteiger partial charge in [0.2, 0.25) is 0 Å². The monoisotopic (exact) mass is 211 g/mol. The van der Waals surface area contributed by atoms with E-state index >= 15 is 0 Å². The van der Waals surface area contributed by atoms with E-state index in [2.05, 4.69) is 10.5 Å². The van der Waals surface area contributed by atoms with Gasteiger partial charge in [0, 0.05) is 13.0 Å². The molecule has 1 rings (SSSR count). The molecule has 1 unspecified atom stereocenters. The van der Waals surface area contributed by atoms with Crippen LogP contribution in [0, 0.1) is 6.92 Å². The summed E-state index contributed by atoms with van der Waals surface area (Å²) < 4.78 is 5.46. The van der Waals surface area contributed by atoms with E-state index in [4.69, 9.17) is 15.4 Å². The van der Waals surface area contributed by atoms with Gasteiger partial charge >= 0.3 is 0 Å². The first-order chi connectivity index (χ1) is 7.13. The molecule has 0 radical (unpaired) electrons. The lowest BCUT2D eigenvalue weighted by molar-refractivity contribution is 0.316. The molecule has 0 bridgehead atoms. The molecule has 1 aromatic heterocycles. The summed E-state index contributed by atoms with van der Waals surface area (Å²) >= 11 is 0. The third kappa shape index (κ3) is 3.63. The van der Waals surface area contributed by atoms with Crippen LogP contribution < -0.4 is 11.1 Å². The van der Waals surface area contributed by atoms with Crippen LogP contribution in [0.15, 0.2) is 21.7 Å². The summed E-state index contributed by atoms with van der Waals surface area (Å²) in [7, 11) is 0. The normalized spacial score (nSPS) is 14.1. The van der Waals surface area contributed by atoms with E-state index < -0.39 is 0 Å². The van der Waals surface area contributed by atoms with E-state index in [1.807, 2.05) is 26.0 Å². The SMILES string of the molecule is Cc1ccc(C(C)NCCC(N)=NO)o1. The number of nitrogens with zero attached hydrogens (tertiary/aromatic N) is 1. The van der Waals surface area contributed by atoms with Crippen LogP contribution in [0.4, 0.5) is 0 Å². The van der Waals surface area contributed by atoms with Crippen molar-refractivity contribution in [1.29, 1.82) is 0 Å². The number of nitrogens with one attached hydrogen (secondary N) is 1. The van der Waals surface area contributed by atoms with Gasteiger partial charge in [-0.1, -0.05) is 5.16 Å². The van der Waals surface area contributed by atoms with E-state index in [9.17, 15) is 0 Å². The maximum absolute atomic E-state index is 8.34. The highest BCUT2D eigenvalue weighted by atomic mass is 16.4. The molecule has 1 aromatic rings. The van der Waals surface area contributed by atoms with Crippen molar-refractivity contribution in [3.63, 3.8) is 0 Å². The molecule has 0 saturated carbocycles. The van der Waals surface area contributed by atoms with Gasteiger partial charge in [0.15, 0.2) is 0 Å². The summed E-state index contributed by atoms with van der Waals surface area (Å²) in [6.45, 7) is 4.56. The minimum absolute atomic E-state index is 0.130. The van der Waals surface area contributed by atoms with Crippen LogP contribution >= 0.6 is 0 Å². The van der Waals surface area contributed by atoms with Crippen LogP contribution in [0.25, 0.3) is 0 Å². The van der Waals surface area contributed by atoms with Gasteiger partial charge in [-0.25, -0.2) is 0 Å². The predicted octanol–water partition coefficient (Wildman–Crippen LogP) is 1.38. The van der Waals surface area contributed by atoms with E-state index in [0.29, 0.717) is 13.0 Å². The largest absolute Gasteiger partial charge is 0.465 e. The molecule has 0 spiro atoms. The molecule has 15 heavy (non-hydrogen) atoms. The molecule has 84 valence electrons. The Labute approximate surface area is 88.9 Å². The number of hydrogen-bond donors (Lipinski definition) is 3. The zero-order valence-corrected chi connectivity index (χ0v) is 9.03. The standard InChI is InChI=1S/C10H17N3O2/c1-7-3-4-9(15-7)8(2)12-6-5-10(11)13-14/h3-4,8,12,14H,5-6H2,1-2H3,(H2,11,13). The molecule has 0 amide bonds. The predicted molar refractivity (Wildman–Crippen MR) is 57.9 cm³/mol. The fraction of sp³-hybridized carbons (Fsp3) is 0.500. The van der Waals surface area contributed by atoms with Crippen molar-refractivity contribution in [3.8, 4) is 0 Å². The average Bonchev–Trinajstić information content (AvgIpc) is 2.64. The first-order valence-electron chi connectivity index (χ1n) is 4.89. The number of furan rings is 1. The highest BCUT2D eigenvalue weighted by Crippen LogP contribution is 2.15. The summed E-state index contributed by atoms with van der Waals surface area (Å²) in [4.78, 5) is 0. The van der Waals surface area contributed by atoms with Crippen molar-refractivity contribution in [2.45, 2.75) is 26.3 Å². The zero-order chi connectivity index (χ0) is 11.3. The molecule has 1 heterocycles. The summed E-state index contributed by atoms with van der Waals surface area (Å²) in [6.07, 6.45) is 0.514. The fourth-order valence-corrected chi connectivity index (χ4v) is 1.25. The molecule has 0 aromatic carbocycles. The average molecular weight is 211 g/mol. The number of amidine groups is 1. The Morgan fingerprint density at radius 3 is 2.93 bits per heavy atom. The number of oxime groups is 1. The minimum Gasteiger partial charge on any atom is -0.465 e. The van der Waals surface area contributed by atoms with Gasteiger partial charge in [-0.05, 0) is 26.0 Å². The lowest BCUT2D eigenvalue weighted by Gasteiger charge is -2.10. The lowest BCUT2D eigenvalue weighted by Crippen LogP contribution is -2.24. The van der Waals surface area contributed by atoms with E-state index in [1.165, 1.54) is 0 Å². The number of rotatable bonds is 5. The maximum Gasteiger partial charge on any atom is 0.140 e. The second kappa shape index (κ2) is 5.41. The van der Waals surface area contributed by atoms with Gasteiger partial charge in [-0.3, -0.25) is 0 Å². The minimum atomic E-state index is 0.130. The second-order valence-corrected chi connectivity index (χ2v) is 3.47. The number of hydrogen-bond acceptors (Lipinski definition) is 4. The van der Waals surface area contributed by atoms with Crippen LogP contribution in [-0.2, 0) is 0 Å². The molecular formula is C10H17N3O2. The lowest BCUT2D eigenvalue weighted by atomic mass is 10.2. The Hall–Kier alpha value is -1.49. The topological polar surface area (TPSA) is 83.8 Å². The Kier molecular flexibility index (Phi) is 4.17. The van der Waals surface area contributed by atoms with Crippen LogP contribution in [-0.4, -0.2) is 17.6 Å². The Morgan fingerprint density at radius 1 is 1.67 bits per heavy atom. The van der Waals surface area contributed by atoms with E-state index in [1.54, 1.807) is 0 Å². The van der Waals surface area contributed by atoms with Gasteiger partial charge in [-0.2, -0.15) is 0 Å². The van der Waals surface area contributed by atoms with Gasteiger partial charge < -0.3 is 20.7 Å². The summed E-state index contributed by atoms with van der Waals surface area (Å²) in [5.41, 5.74) is 5.34. The molecule has 0 aliphatic carbocycles. The van der Waals surface area contributed by atoms with E-state index in [-0.39, 0.29) is 11.9 Å². The highest BCUT2D eigenvalue weighted by Gasteiger charge is 2.08. The summed E-state index contributed by atoms with van der Waals surface area (Å²) in [5.74, 6) is 2.02. The Morgan fingerprint density at radius 2 is 2.40 bits per heavy atom. The molecule has 1 atom stereocenters. The first kappa shape index (κ1) is 11.6. The molecule has 0 aliphatic rings. The van der Waals surface area contributed by atoms with Gasteiger partial charge in [0.25, 0.3) is 0 Å². The number of nitrogens with two attached hydrogens (primary N) is 1. The molecule has 0 aliphatic heterocycles. The molecule has 5 heteroatoms. The third-order valence-electron chi connectivity index (χ3n) is 2.15. The molecule has 5 nitrogen and oxygen atoms in total. The summed E-state index contributed by atoms with van der Waals surface area (Å²) in [5, 5.41) is 14.4. The zero-order valence-electron chi connectivity index (χ0n) is 9.03. The van der Waals surface area contributed by atoms with Gasteiger partial charge in [0.05, 0.1) is 6.04 Å². The van der Waals surface area contributed by atoms with Crippen molar-refractivity contribution in [2.75, 3.05) is 6.54 Å². The summed E-state index contributed by atoms with van der Waals surface area (Å²) in [6, 6.07) is 4.00. The van der Waals surface area contributed by atoms with Crippen LogP contribution in [0.3, 0.4) is 0 Å². The van der Waals surface area contributed by atoms with Gasteiger partial charge in [-0.15, -0.1) is 0 Å². The van der Waals surface area contributed by atoms with Crippen molar-refractivity contribution in [3.05, 3.63) is 23.7 Å².